The monoisotopic (exact) mass is 506 g/mol. The molecule has 0 fully saturated rings. The van der Waals surface area contributed by atoms with Gasteiger partial charge in [-0.1, -0.05) is 49.7 Å². The van der Waals surface area contributed by atoms with Crippen LogP contribution in [0.15, 0.2) is 79.0 Å². The SMILES string of the molecule is CCCCNc1nccc(-c2c(-c3ccc(F)cc3)nc3n2[C@H](CNc2cccc4ccccc24)CC3)n1. The van der Waals surface area contributed by atoms with E-state index in [1.807, 2.05) is 6.07 Å². The van der Waals surface area contributed by atoms with Gasteiger partial charge in [-0.05, 0) is 54.6 Å². The Hall–Kier alpha value is -4.26. The molecule has 3 aromatic carbocycles. The molecule has 0 amide bonds. The van der Waals surface area contributed by atoms with Gasteiger partial charge in [-0.15, -0.1) is 0 Å². The van der Waals surface area contributed by atoms with Crippen molar-refractivity contribution in [1.29, 1.82) is 0 Å². The molecular formula is C31H31FN6. The molecule has 0 saturated carbocycles. The summed E-state index contributed by atoms with van der Waals surface area (Å²) in [7, 11) is 0. The largest absolute Gasteiger partial charge is 0.382 e. The molecular weight excluding hydrogens is 475 g/mol. The average molecular weight is 507 g/mol. The van der Waals surface area contributed by atoms with E-state index in [4.69, 9.17) is 9.97 Å². The summed E-state index contributed by atoms with van der Waals surface area (Å²) < 4.78 is 16.1. The lowest BCUT2D eigenvalue weighted by molar-refractivity contribution is 0.559. The number of unbranched alkanes of at least 4 members (excludes halogenated alkanes) is 1. The predicted molar refractivity (Wildman–Crippen MR) is 152 cm³/mol. The molecule has 38 heavy (non-hydrogen) atoms. The van der Waals surface area contributed by atoms with Crippen molar-refractivity contribution in [3.63, 3.8) is 0 Å². The van der Waals surface area contributed by atoms with Crippen LogP contribution in [0.1, 0.15) is 38.1 Å². The summed E-state index contributed by atoms with van der Waals surface area (Å²) in [5.41, 5.74) is 4.60. The molecule has 1 aliphatic heterocycles. The van der Waals surface area contributed by atoms with E-state index in [2.05, 4.69) is 69.6 Å². The lowest BCUT2D eigenvalue weighted by Gasteiger charge is -2.19. The van der Waals surface area contributed by atoms with Gasteiger partial charge in [0.15, 0.2) is 0 Å². The number of halogens is 1. The zero-order valence-electron chi connectivity index (χ0n) is 21.5. The van der Waals surface area contributed by atoms with Crippen molar-refractivity contribution < 1.29 is 4.39 Å². The predicted octanol–water partition coefficient (Wildman–Crippen LogP) is 7.11. The van der Waals surface area contributed by atoms with Crippen LogP contribution in [0, 0.1) is 5.82 Å². The van der Waals surface area contributed by atoms with E-state index in [9.17, 15) is 4.39 Å². The number of rotatable bonds is 9. The number of imidazole rings is 1. The first kappa shape index (κ1) is 24.1. The molecule has 1 atom stereocenters. The molecule has 192 valence electrons. The molecule has 2 N–H and O–H groups in total. The summed E-state index contributed by atoms with van der Waals surface area (Å²) in [6.07, 6.45) is 5.82. The maximum atomic E-state index is 13.8. The third-order valence-electron chi connectivity index (χ3n) is 7.20. The van der Waals surface area contributed by atoms with Gasteiger partial charge >= 0.3 is 0 Å². The van der Waals surface area contributed by atoms with E-state index in [0.29, 0.717) is 5.95 Å². The number of hydrogen-bond donors (Lipinski definition) is 2. The number of aromatic nitrogens is 4. The van der Waals surface area contributed by atoms with Crippen LogP contribution in [0.2, 0.25) is 0 Å². The third-order valence-corrected chi connectivity index (χ3v) is 7.20. The first-order valence-corrected chi connectivity index (χ1v) is 13.4. The van der Waals surface area contributed by atoms with Crippen LogP contribution >= 0.6 is 0 Å². The summed E-state index contributed by atoms with van der Waals surface area (Å²) in [5.74, 6) is 1.38. The highest BCUT2D eigenvalue weighted by atomic mass is 19.1. The molecule has 6 rings (SSSR count). The minimum Gasteiger partial charge on any atom is -0.382 e. The number of nitrogens with one attached hydrogen (secondary N) is 2. The Balaban J connectivity index is 1.38. The molecule has 3 heterocycles. The van der Waals surface area contributed by atoms with Crippen LogP contribution < -0.4 is 10.6 Å². The number of fused-ring (bicyclic) bond motifs is 2. The van der Waals surface area contributed by atoms with Gasteiger partial charge in [0, 0.05) is 42.3 Å². The maximum Gasteiger partial charge on any atom is 0.223 e. The lowest BCUT2D eigenvalue weighted by atomic mass is 10.1. The van der Waals surface area contributed by atoms with Gasteiger partial charge in [0.05, 0.1) is 23.1 Å². The molecule has 0 bridgehead atoms. The molecule has 7 heteroatoms. The van der Waals surface area contributed by atoms with Crippen LogP contribution in [-0.2, 0) is 6.42 Å². The molecule has 0 unspecified atom stereocenters. The van der Waals surface area contributed by atoms with Gasteiger partial charge in [0.2, 0.25) is 5.95 Å². The summed E-state index contributed by atoms with van der Waals surface area (Å²) in [6.45, 7) is 3.75. The molecule has 2 aromatic heterocycles. The highest BCUT2D eigenvalue weighted by Crippen LogP contribution is 2.39. The number of hydrogen-bond acceptors (Lipinski definition) is 5. The number of aryl methyl sites for hydroxylation is 1. The fraction of sp³-hybridized carbons (Fsp3) is 0.258. The third kappa shape index (κ3) is 4.72. The molecule has 0 aliphatic carbocycles. The van der Waals surface area contributed by atoms with E-state index in [1.165, 1.54) is 22.9 Å². The number of benzene rings is 3. The smallest absolute Gasteiger partial charge is 0.223 e. The minimum atomic E-state index is -0.260. The first-order chi connectivity index (χ1) is 18.7. The van der Waals surface area contributed by atoms with Crippen LogP contribution in [0.25, 0.3) is 33.4 Å². The lowest BCUT2D eigenvalue weighted by Crippen LogP contribution is -2.17. The molecule has 0 radical (unpaired) electrons. The molecule has 1 aliphatic rings. The van der Waals surface area contributed by atoms with Crippen molar-refractivity contribution in [3.8, 4) is 22.6 Å². The molecule has 6 nitrogen and oxygen atoms in total. The van der Waals surface area contributed by atoms with Gasteiger partial charge in [0.25, 0.3) is 0 Å². The van der Waals surface area contributed by atoms with Crippen LogP contribution in [-0.4, -0.2) is 32.6 Å². The van der Waals surface area contributed by atoms with Crippen molar-refractivity contribution in [2.75, 3.05) is 23.7 Å². The summed E-state index contributed by atoms with van der Waals surface area (Å²) >= 11 is 0. The topological polar surface area (TPSA) is 67.7 Å². The summed E-state index contributed by atoms with van der Waals surface area (Å²) in [4.78, 5) is 14.4. The van der Waals surface area contributed by atoms with Crippen LogP contribution in [0.3, 0.4) is 0 Å². The van der Waals surface area contributed by atoms with Crippen LogP contribution in [0.5, 0.6) is 0 Å². The minimum absolute atomic E-state index is 0.201. The van der Waals surface area contributed by atoms with Gasteiger partial charge in [-0.25, -0.2) is 19.3 Å². The Morgan fingerprint density at radius 2 is 1.79 bits per heavy atom. The quantitative estimate of drug-likeness (QED) is 0.209. The second-order valence-corrected chi connectivity index (χ2v) is 9.75. The Morgan fingerprint density at radius 3 is 2.66 bits per heavy atom. The Labute approximate surface area is 222 Å². The van der Waals surface area contributed by atoms with E-state index in [-0.39, 0.29) is 11.9 Å². The van der Waals surface area contributed by atoms with Crippen molar-refractivity contribution in [2.24, 2.45) is 0 Å². The normalized spacial score (nSPS) is 14.5. The zero-order valence-corrected chi connectivity index (χ0v) is 21.5. The standard InChI is InChI=1S/C31H31FN6/c1-2-3-18-33-31-34-19-17-27(36-31)30-29(22-11-13-23(32)14-12-22)37-28-16-15-24(38(28)30)20-35-26-10-6-8-21-7-4-5-9-25(21)26/h4-14,17,19,24,35H,2-3,15-16,18,20H2,1H3,(H,33,34,36)/t24-/m0/s1. The second-order valence-electron chi connectivity index (χ2n) is 9.75. The van der Waals surface area contributed by atoms with Crippen molar-refractivity contribution >= 4 is 22.4 Å². The van der Waals surface area contributed by atoms with Crippen molar-refractivity contribution in [3.05, 3.63) is 90.6 Å². The Kier molecular flexibility index (Phi) is 6.73. The summed E-state index contributed by atoms with van der Waals surface area (Å²) in [6, 6.07) is 23.5. The van der Waals surface area contributed by atoms with E-state index in [0.717, 1.165) is 72.9 Å². The van der Waals surface area contributed by atoms with Gasteiger partial charge < -0.3 is 15.2 Å². The fourth-order valence-electron chi connectivity index (χ4n) is 5.28. The van der Waals surface area contributed by atoms with E-state index < -0.39 is 0 Å². The van der Waals surface area contributed by atoms with Gasteiger partial charge in [-0.2, -0.15) is 0 Å². The zero-order chi connectivity index (χ0) is 25.9. The van der Waals surface area contributed by atoms with Crippen molar-refractivity contribution in [2.45, 2.75) is 38.6 Å². The first-order valence-electron chi connectivity index (χ1n) is 13.4. The molecule has 5 aromatic rings. The summed E-state index contributed by atoms with van der Waals surface area (Å²) in [5, 5.41) is 9.48. The van der Waals surface area contributed by atoms with E-state index in [1.54, 1.807) is 18.3 Å². The van der Waals surface area contributed by atoms with Crippen LogP contribution in [0.4, 0.5) is 16.0 Å². The molecule has 0 saturated heterocycles. The molecule has 0 spiro atoms. The average Bonchev–Trinajstić information content (AvgIpc) is 3.52. The maximum absolute atomic E-state index is 13.8. The van der Waals surface area contributed by atoms with Crippen molar-refractivity contribution in [1.82, 2.24) is 19.5 Å². The van der Waals surface area contributed by atoms with Gasteiger partial charge in [0.1, 0.15) is 11.6 Å². The Bertz CT molecular complexity index is 1550. The van der Waals surface area contributed by atoms with E-state index >= 15 is 0 Å². The number of nitrogens with zero attached hydrogens (tertiary/aromatic N) is 4. The fourth-order valence-corrected chi connectivity index (χ4v) is 5.28. The second kappa shape index (κ2) is 10.6. The van der Waals surface area contributed by atoms with Gasteiger partial charge in [-0.3, -0.25) is 0 Å². The Morgan fingerprint density at radius 1 is 0.947 bits per heavy atom. The number of anilines is 2. The highest BCUT2D eigenvalue weighted by molar-refractivity contribution is 5.93. The highest BCUT2D eigenvalue weighted by Gasteiger charge is 2.31.